The Morgan fingerprint density at radius 1 is 1.50 bits per heavy atom. The van der Waals surface area contributed by atoms with Crippen molar-refractivity contribution in [3.8, 4) is 0 Å². The lowest BCUT2D eigenvalue weighted by Gasteiger charge is -2.04. The van der Waals surface area contributed by atoms with E-state index in [-0.39, 0.29) is 11.9 Å². The van der Waals surface area contributed by atoms with Gasteiger partial charge in [-0.15, -0.1) is 0 Å². The number of benzene rings is 1. The van der Waals surface area contributed by atoms with E-state index >= 15 is 0 Å². The zero-order chi connectivity index (χ0) is 11.5. The Kier molecular flexibility index (Phi) is 3.24. The first-order chi connectivity index (χ1) is 7.65. The van der Waals surface area contributed by atoms with E-state index in [9.17, 15) is 4.79 Å². The number of aliphatic carboxylic acids is 1. The van der Waals surface area contributed by atoms with Crippen molar-refractivity contribution < 1.29 is 14.6 Å². The van der Waals surface area contributed by atoms with Crippen LogP contribution in [0.2, 0.25) is 0 Å². The Morgan fingerprint density at radius 2 is 2.19 bits per heavy atom. The summed E-state index contributed by atoms with van der Waals surface area (Å²) >= 11 is 3.36. The van der Waals surface area contributed by atoms with Crippen LogP contribution in [-0.4, -0.2) is 29.6 Å². The zero-order valence-electron chi connectivity index (χ0n) is 8.39. The Bertz CT molecular complexity index is 427. The first-order valence-electron chi connectivity index (χ1n) is 4.83. The molecule has 1 aromatic rings. The average molecular weight is 284 g/mol. The van der Waals surface area contributed by atoms with Crippen molar-refractivity contribution in [3.63, 3.8) is 0 Å². The molecule has 0 aliphatic carbocycles. The van der Waals surface area contributed by atoms with Gasteiger partial charge in [0.25, 0.3) is 5.90 Å². The van der Waals surface area contributed by atoms with E-state index in [0.29, 0.717) is 13.0 Å². The molecule has 0 spiro atoms. The topological polar surface area (TPSA) is 58.9 Å². The van der Waals surface area contributed by atoms with Crippen molar-refractivity contribution in [1.29, 1.82) is 0 Å². The fourth-order valence-electron chi connectivity index (χ4n) is 1.53. The molecule has 1 N–H and O–H groups in total. The molecule has 1 heterocycles. The molecule has 2 rings (SSSR count). The second kappa shape index (κ2) is 4.65. The number of nitrogens with zero attached hydrogens (tertiary/aromatic N) is 1. The summed E-state index contributed by atoms with van der Waals surface area (Å²) in [5.41, 5.74) is 1.12. The second-order valence-electron chi connectivity index (χ2n) is 3.53. The summed E-state index contributed by atoms with van der Waals surface area (Å²) in [6.07, 6.45) is 0.698. The molecule has 0 saturated carbocycles. The van der Waals surface area contributed by atoms with Gasteiger partial charge < -0.3 is 9.84 Å². The standard InChI is InChI=1S/C11H10BrNO3/c12-8-3-1-7(2-4-8)5-9-6-16-10(13-9)11(14)15/h1-4,9H,5-6H2,(H,14,15). The predicted molar refractivity (Wildman–Crippen MR) is 62.7 cm³/mol. The van der Waals surface area contributed by atoms with Crippen LogP contribution in [0.25, 0.3) is 0 Å². The number of aliphatic imine (C=N–C) groups is 1. The third-order valence-corrected chi connectivity index (χ3v) is 2.81. The third kappa shape index (κ3) is 2.61. The molecule has 4 nitrogen and oxygen atoms in total. The van der Waals surface area contributed by atoms with Crippen LogP contribution in [0.15, 0.2) is 33.7 Å². The van der Waals surface area contributed by atoms with Gasteiger partial charge in [-0.2, -0.15) is 0 Å². The molecular weight excluding hydrogens is 274 g/mol. The van der Waals surface area contributed by atoms with Crippen LogP contribution in [0.5, 0.6) is 0 Å². The van der Waals surface area contributed by atoms with Crippen LogP contribution in [0, 0.1) is 0 Å². The summed E-state index contributed by atoms with van der Waals surface area (Å²) < 4.78 is 5.99. The van der Waals surface area contributed by atoms with Gasteiger partial charge in [-0.3, -0.25) is 0 Å². The minimum atomic E-state index is -1.10. The SMILES string of the molecule is O=C(O)C1=NC(Cc2ccc(Br)cc2)CO1. The van der Waals surface area contributed by atoms with Crippen LogP contribution in [0.1, 0.15) is 5.56 Å². The highest BCUT2D eigenvalue weighted by Gasteiger charge is 2.23. The summed E-state index contributed by atoms with van der Waals surface area (Å²) in [5, 5.41) is 8.67. The number of halogens is 1. The van der Waals surface area contributed by atoms with Gasteiger partial charge in [-0.1, -0.05) is 28.1 Å². The summed E-state index contributed by atoms with van der Waals surface area (Å²) in [6.45, 7) is 0.345. The molecule has 16 heavy (non-hydrogen) atoms. The third-order valence-electron chi connectivity index (χ3n) is 2.28. The number of ether oxygens (including phenoxy) is 1. The highest BCUT2D eigenvalue weighted by Crippen LogP contribution is 2.15. The van der Waals surface area contributed by atoms with E-state index < -0.39 is 5.97 Å². The molecule has 1 aliphatic rings. The lowest BCUT2D eigenvalue weighted by Crippen LogP contribution is -2.12. The number of carbonyl (C=O) groups is 1. The molecule has 1 aromatic carbocycles. The van der Waals surface area contributed by atoms with Crippen molar-refractivity contribution in [2.24, 2.45) is 4.99 Å². The number of carboxylic acid groups (broad SMARTS) is 1. The molecule has 1 atom stereocenters. The predicted octanol–water partition coefficient (Wildman–Crippen LogP) is 1.87. The molecule has 5 heteroatoms. The van der Waals surface area contributed by atoms with Gasteiger partial charge in [0.1, 0.15) is 6.61 Å². The Balaban J connectivity index is 2.01. The fourth-order valence-corrected chi connectivity index (χ4v) is 1.79. The van der Waals surface area contributed by atoms with Crippen molar-refractivity contribution in [3.05, 3.63) is 34.3 Å². The summed E-state index contributed by atoms with van der Waals surface area (Å²) in [4.78, 5) is 14.6. The van der Waals surface area contributed by atoms with E-state index in [2.05, 4.69) is 20.9 Å². The molecule has 84 valence electrons. The molecule has 0 amide bonds. The van der Waals surface area contributed by atoms with Crippen LogP contribution < -0.4 is 0 Å². The van der Waals surface area contributed by atoms with E-state index in [1.807, 2.05) is 24.3 Å². The minimum Gasteiger partial charge on any atom is -0.474 e. The van der Waals surface area contributed by atoms with Gasteiger partial charge in [-0.05, 0) is 24.1 Å². The van der Waals surface area contributed by atoms with Crippen LogP contribution in [-0.2, 0) is 16.0 Å². The zero-order valence-corrected chi connectivity index (χ0v) is 9.98. The molecule has 0 saturated heterocycles. The first-order valence-corrected chi connectivity index (χ1v) is 5.63. The molecule has 1 unspecified atom stereocenters. The molecule has 0 radical (unpaired) electrons. The Labute approximate surface area is 101 Å². The monoisotopic (exact) mass is 283 g/mol. The molecule has 0 fully saturated rings. The van der Waals surface area contributed by atoms with E-state index in [1.54, 1.807) is 0 Å². The van der Waals surface area contributed by atoms with Crippen LogP contribution in [0.3, 0.4) is 0 Å². The smallest absolute Gasteiger partial charge is 0.391 e. The lowest BCUT2D eigenvalue weighted by molar-refractivity contribution is -0.130. The maximum Gasteiger partial charge on any atom is 0.391 e. The minimum absolute atomic E-state index is 0.0905. The molecular formula is C11H10BrNO3. The fraction of sp³-hybridized carbons (Fsp3) is 0.273. The van der Waals surface area contributed by atoms with Crippen molar-refractivity contribution in [2.45, 2.75) is 12.5 Å². The van der Waals surface area contributed by atoms with E-state index in [4.69, 9.17) is 9.84 Å². The van der Waals surface area contributed by atoms with E-state index in [0.717, 1.165) is 10.0 Å². The summed E-state index contributed by atoms with van der Waals surface area (Å²) in [5.74, 6) is -1.28. The maximum absolute atomic E-state index is 10.6. The number of hydrogen-bond donors (Lipinski definition) is 1. The average Bonchev–Trinajstić information content (AvgIpc) is 2.70. The van der Waals surface area contributed by atoms with Crippen molar-refractivity contribution in [2.75, 3.05) is 6.61 Å². The quantitative estimate of drug-likeness (QED) is 0.921. The largest absolute Gasteiger partial charge is 0.474 e. The number of rotatable bonds is 3. The van der Waals surface area contributed by atoms with Gasteiger partial charge in [-0.25, -0.2) is 9.79 Å². The second-order valence-corrected chi connectivity index (χ2v) is 4.45. The van der Waals surface area contributed by atoms with Crippen molar-refractivity contribution >= 4 is 27.8 Å². The normalized spacial score (nSPS) is 19.1. The molecule has 0 aromatic heterocycles. The van der Waals surface area contributed by atoms with Gasteiger partial charge in [0.05, 0.1) is 6.04 Å². The van der Waals surface area contributed by atoms with Crippen molar-refractivity contribution in [1.82, 2.24) is 0 Å². The summed E-state index contributed by atoms with van der Waals surface area (Å²) in [7, 11) is 0. The molecule has 1 aliphatic heterocycles. The Hall–Kier alpha value is -1.36. The van der Waals surface area contributed by atoms with Crippen LogP contribution >= 0.6 is 15.9 Å². The first kappa shape index (κ1) is 11.1. The van der Waals surface area contributed by atoms with Crippen LogP contribution in [0.4, 0.5) is 0 Å². The van der Waals surface area contributed by atoms with E-state index in [1.165, 1.54) is 0 Å². The van der Waals surface area contributed by atoms with Gasteiger partial charge >= 0.3 is 5.97 Å². The molecule has 0 bridgehead atoms. The van der Waals surface area contributed by atoms with Gasteiger partial charge in [0.2, 0.25) is 0 Å². The summed E-state index contributed by atoms with van der Waals surface area (Å²) in [6, 6.07) is 7.78. The van der Waals surface area contributed by atoms with Gasteiger partial charge in [0.15, 0.2) is 0 Å². The number of carboxylic acids is 1. The highest BCUT2D eigenvalue weighted by molar-refractivity contribution is 9.10. The Morgan fingerprint density at radius 3 is 2.75 bits per heavy atom. The lowest BCUT2D eigenvalue weighted by atomic mass is 10.1. The number of hydrogen-bond acceptors (Lipinski definition) is 3. The highest BCUT2D eigenvalue weighted by atomic mass is 79.9. The maximum atomic E-state index is 10.6. The van der Waals surface area contributed by atoms with Gasteiger partial charge in [0, 0.05) is 4.47 Å².